The Balaban J connectivity index is 1.43. The molecule has 1 saturated carbocycles. The summed E-state index contributed by atoms with van der Waals surface area (Å²) in [6.07, 6.45) is 14.2. The Morgan fingerprint density at radius 1 is 1.13 bits per heavy atom. The molecule has 1 aliphatic heterocycles. The summed E-state index contributed by atoms with van der Waals surface area (Å²) < 4.78 is 1.71. The zero-order chi connectivity index (χ0) is 15.9. The van der Waals surface area contributed by atoms with Crippen molar-refractivity contribution < 1.29 is 4.79 Å². The summed E-state index contributed by atoms with van der Waals surface area (Å²) in [5, 5.41) is 7.26. The molecule has 0 bridgehead atoms. The molecular formula is C17H29N5O. The lowest BCUT2D eigenvalue weighted by molar-refractivity contribution is -0.122. The molecule has 1 N–H and O–H groups in total. The van der Waals surface area contributed by atoms with Crippen molar-refractivity contribution >= 4 is 5.91 Å². The van der Waals surface area contributed by atoms with E-state index in [1.54, 1.807) is 11.0 Å². The first kappa shape index (κ1) is 16.4. The lowest BCUT2D eigenvalue weighted by Gasteiger charge is -2.38. The van der Waals surface area contributed by atoms with Crippen LogP contribution in [0.4, 0.5) is 0 Å². The number of nitrogens with zero attached hydrogens (tertiary/aromatic N) is 4. The molecule has 1 saturated heterocycles. The van der Waals surface area contributed by atoms with Gasteiger partial charge >= 0.3 is 0 Å². The maximum atomic E-state index is 12.2. The predicted octanol–water partition coefficient (Wildman–Crippen LogP) is 1.97. The third-order valence-corrected chi connectivity index (χ3v) is 5.19. The van der Waals surface area contributed by atoms with Crippen LogP contribution in [0.3, 0.4) is 0 Å². The summed E-state index contributed by atoms with van der Waals surface area (Å²) in [5.74, 6) is 0.133. The van der Waals surface area contributed by atoms with Crippen LogP contribution in [-0.2, 0) is 11.3 Å². The van der Waals surface area contributed by atoms with E-state index >= 15 is 0 Å². The van der Waals surface area contributed by atoms with Gasteiger partial charge in [0.15, 0.2) is 0 Å². The van der Waals surface area contributed by atoms with Crippen molar-refractivity contribution in [2.24, 2.45) is 0 Å². The van der Waals surface area contributed by atoms with E-state index in [1.165, 1.54) is 57.8 Å². The third-order valence-electron chi connectivity index (χ3n) is 5.19. The van der Waals surface area contributed by atoms with E-state index in [2.05, 4.69) is 20.3 Å². The topological polar surface area (TPSA) is 63.1 Å². The molecule has 1 amide bonds. The van der Waals surface area contributed by atoms with Gasteiger partial charge < -0.3 is 5.32 Å². The Labute approximate surface area is 138 Å². The highest BCUT2D eigenvalue weighted by Gasteiger charge is 2.27. The summed E-state index contributed by atoms with van der Waals surface area (Å²) in [5.41, 5.74) is 0. The number of carbonyl (C=O) groups excluding carboxylic acids is 1. The number of carbonyl (C=O) groups is 1. The van der Waals surface area contributed by atoms with Gasteiger partial charge in [0.25, 0.3) is 0 Å². The molecule has 2 aliphatic rings. The summed E-state index contributed by atoms with van der Waals surface area (Å²) in [7, 11) is 0. The van der Waals surface area contributed by atoms with Crippen LogP contribution in [0.2, 0.25) is 0 Å². The van der Waals surface area contributed by atoms with Crippen LogP contribution in [0.1, 0.15) is 57.8 Å². The van der Waals surface area contributed by atoms with Crippen LogP contribution in [0.25, 0.3) is 0 Å². The van der Waals surface area contributed by atoms with E-state index in [0.29, 0.717) is 19.0 Å². The van der Waals surface area contributed by atoms with E-state index in [-0.39, 0.29) is 5.91 Å². The minimum absolute atomic E-state index is 0.133. The number of hydrogen-bond donors (Lipinski definition) is 1. The molecule has 23 heavy (non-hydrogen) atoms. The van der Waals surface area contributed by atoms with Gasteiger partial charge in [-0.3, -0.25) is 14.4 Å². The zero-order valence-electron chi connectivity index (χ0n) is 14.0. The zero-order valence-corrected chi connectivity index (χ0v) is 14.0. The van der Waals surface area contributed by atoms with Gasteiger partial charge in [0.1, 0.15) is 12.7 Å². The van der Waals surface area contributed by atoms with Crippen LogP contribution in [0.5, 0.6) is 0 Å². The quantitative estimate of drug-likeness (QED) is 0.843. The van der Waals surface area contributed by atoms with Crippen molar-refractivity contribution in [1.29, 1.82) is 0 Å². The molecule has 2 fully saturated rings. The smallest absolute Gasteiger partial charge is 0.222 e. The van der Waals surface area contributed by atoms with Gasteiger partial charge in [-0.05, 0) is 32.2 Å². The largest absolute Gasteiger partial charge is 0.352 e. The molecule has 6 nitrogen and oxygen atoms in total. The van der Waals surface area contributed by atoms with Gasteiger partial charge in [0.05, 0.1) is 6.54 Å². The molecule has 1 aromatic rings. The van der Waals surface area contributed by atoms with Crippen LogP contribution in [0.15, 0.2) is 12.7 Å². The molecule has 6 heteroatoms. The lowest BCUT2D eigenvalue weighted by Crippen LogP contribution is -2.51. The van der Waals surface area contributed by atoms with Gasteiger partial charge in [-0.2, -0.15) is 5.10 Å². The molecule has 3 rings (SSSR count). The SMILES string of the molecule is O=C(CCn1cncn1)N[C@@H]1CCCN(C2CCCCCC2)C1. The average Bonchev–Trinajstić information content (AvgIpc) is 2.93. The van der Waals surface area contributed by atoms with Crippen molar-refractivity contribution in [2.45, 2.75) is 76.4 Å². The molecular weight excluding hydrogens is 290 g/mol. The van der Waals surface area contributed by atoms with E-state index in [4.69, 9.17) is 0 Å². The van der Waals surface area contributed by atoms with Gasteiger partial charge in [-0.1, -0.05) is 25.7 Å². The summed E-state index contributed by atoms with van der Waals surface area (Å²) in [6, 6.07) is 1.06. The highest BCUT2D eigenvalue weighted by atomic mass is 16.1. The van der Waals surface area contributed by atoms with Crippen LogP contribution < -0.4 is 5.32 Å². The first-order valence-corrected chi connectivity index (χ1v) is 9.17. The Kier molecular flexibility index (Phi) is 6.02. The van der Waals surface area contributed by atoms with E-state index < -0.39 is 0 Å². The number of rotatable bonds is 5. The molecule has 0 spiro atoms. The molecule has 0 unspecified atom stereocenters. The summed E-state index contributed by atoms with van der Waals surface area (Å²) >= 11 is 0. The van der Waals surface area contributed by atoms with Crippen molar-refractivity contribution in [1.82, 2.24) is 25.0 Å². The molecule has 1 aromatic heterocycles. The Bertz CT molecular complexity index is 467. The molecule has 0 aromatic carbocycles. The van der Waals surface area contributed by atoms with Crippen molar-refractivity contribution in [3.8, 4) is 0 Å². The van der Waals surface area contributed by atoms with Crippen LogP contribution in [0, 0.1) is 0 Å². The van der Waals surface area contributed by atoms with Crippen molar-refractivity contribution in [2.75, 3.05) is 13.1 Å². The van der Waals surface area contributed by atoms with Gasteiger partial charge in [-0.25, -0.2) is 4.98 Å². The second kappa shape index (κ2) is 8.43. The number of nitrogens with one attached hydrogen (secondary N) is 1. The fourth-order valence-corrected chi connectivity index (χ4v) is 3.94. The maximum absolute atomic E-state index is 12.2. The van der Waals surface area contributed by atoms with Crippen LogP contribution >= 0.6 is 0 Å². The number of piperidine rings is 1. The number of amides is 1. The average molecular weight is 319 g/mol. The molecule has 0 radical (unpaired) electrons. The minimum Gasteiger partial charge on any atom is -0.352 e. The minimum atomic E-state index is 0.133. The second-order valence-corrected chi connectivity index (χ2v) is 6.96. The standard InChI is InChI=1S/C17H29N5O/c23-17(9-11-22-14-18-13-19-22)20-15-6-5-10-21(12-15)16-7-3-1-2-4-8-16/h13-16H,1-12H2,(H,20,23)/t15-/m1/s1. The fourth-order valence-electron chi connectivity index (χ4n) is 3.94. The first-order valence-electron chi connectivity index (χ1n) is 9.17. The Morgan fingerprint density at radius 3 is 2.70 bits per heavy atom. The number of aryl methyl sites for hydroxylation is 1. The molecule has 2 heterocycles. The predicted molar refractivity (Wildman–Crippen MR) is 88.9 cm³/mol. The van der Waals surface area contributed by atoms with E-state index in [0.717, 1.165) is 19.0 Å². The third kappa shape index (κ3) is 5.03. The second-order valence-electron chi connectivity index (χ2n) is 6.96. The number of aromatic nitrogens is 3. The summed E-state index contributed by atoms with van der Waals surface area (Å²) in [6.45, 7) is 2.83. The normalized spacial score (nSPS) is 24.3. The Morgan fingerprint density at radius 2 is 1.96 bits per heavy atom. The van der Waals surface area contributed by atoms with Crippen molar-refractivity contribution in [3.05, 3.63) is 12.7 Å². The number of hydrogen-bond acceptors (Lipinski definition) is 4. The number of likely N-dealkylation sites (tertiary alicyclic amines) is 1. The highest BCUT2D eigenvalue weighted by molar-refractivity contribution is 5.76. The first-order chi connectivity index (χ1) is 11.3. The van der Waals surface area contributed by atoms with Gasteiger partial charge in [0, 0.05) is 25.0 Å². The van der Waals surface area contributed by atoms with Gasteiger partial charge in [-0.15, -0.1) is 0 Å². The van der Waals surface area contributed by atoms with Crippen molar-refractivity contribution in [3.63, 3.8) is 0 Å². The molecule has 1 atom stereocenters. The van der Waals surface area contributed by atoms with E-state index in [9.17, 15) is 4.79 Å². The maximum Gasteiger partial charge on any atom is 0.222 e. The highest BCUT2D eigenvalue weighted by Crippen LogP contribution is 2.24. The summed E-state index contributed by atoms with van der Waals surface area (Å²) in [4.78, 5) is 18.7. The Hall–Kier alpha value is -1.43. The lowest BCUT2D eigenvalue weighted by atomic mass is 10.00. The fraction of sp³-hybridized carbons (Fsp3) is 0.824. The van der Waals surface area contributed by atoms with E-state index in [1.807, 2.05) is 0 Å². The van der Waals surface area contributed by atoms with Gasteiger partial charge in [0.2, 0.25) is 5.91 Å². The molecule has 128 valence electrons. The monoisotopic (exact) mass is 319 g/mol. The van der Waals surface area contributed by atoms with Crippen LogP contribution in [-0.4, -0.2) is 50.7 Å². The molecule has 1 aliphatic carbocycles.